The minimum absolute atomic E-state index is 0.569. The number of hydrogen-bond acceptors (Lipinski definition) is 5. The number of nitrogens with one attached hydrogen (secondary N) is 1. The van der Waals surface area contributed by atoms with E-state index in [1.807, 2.05) is 12.4 Å². The van der Waals surface area contributed by atoms with Crippen molar-refractivity contribution in [2.75, 3.05) is 0 Å². The molecule has 1 N–H and O–H groups in total. The Balaban J connectivity index is 1.83. The minimum Gasteiger partial charge on any atom is -0.338 e. The zero-order valence-corrected chi connectivity index (χ0v) is 10.2. The van der Waals surface area contributed by atoms with E-state index in [2.05, 4.69) is 31.9 Å². The van der Waals surface area contributed by atoms with Crippen molar-refractivity contribution in [3.05, 3.63) is 29.9 Å². The van der Waals surface area contributed by atoms with Crippen LogP contribution in [-0.4, -0.2) is 19.7 Å². The van der Waals surface area contributed by atoms with Crippen LogP contribution >= 0.6 is 0 Å². The van der Waals surface area contributed by atoms with E-state index in [1.54, 1.807) is 6.92 Å². The van der Waals surface area contributed by atoms with Gasteiger partial charge in [0.05, 0.1) is 13.1 Å². The molecule has 2 aromatic heterocycles. The van der Waals surface area contributed by atoms with E-state index in [0.717, 1.165) is 18.8 Å². The van der Waals surface area contributed by atoms with Gasteiger partial charge in [-0.05, 0) is 13.3 Å². The lowest BCUT2D eigenvalue weighted by Gasteiger charge is -2.06. The van der Waals surface area contributed by atoms with Gasteiger partial charge in [0.15, 0.2) is 5.82 Å². The molecule has 0 bridgehead atoms. The first-order valence-corrected chi connectivity index (χ1v) is 5.79. The van der Waals surface area contributed by atoms with Gasteiger partial charge >= 0.3 is 0 Å². The van der Waals surface area contributed by atoms with Gasteiger partial charge in [0, 0.05) is 18.9 Å². The Hall–Kier alpha value is -1.69. The molecule has 17 heavy (non-hydrogen) atoms. The fourth-order valence-corrected chi connectivity index (χ4v) is 1.64. The zero-order chi connectivity index (χ0) is 12.1. The van der Waals surface area contributed by atoms with E-state index in [4.69, 9.17) is 4.52 Å². The Labute approximate surface area is 100 Å². The molecule has 0 unspecified atom stereocenters. The van der Waals surface area contributed by atoms with Gasteiger partial charge in [0.1, 0.15) is 5.82 Å². The van der Waals surface area contributed by atoms with Crippen molar-refractivity contribution < 1.29 is 4.52 Å². The number of nitrogens with zero attached hydrogens (tertiary/aromatic N) is 4. The molecule has 0 atom stereocenters. The zero-order valence-electron chi connectivity index (χ0n) is 10.2. The van der Waals surface area contributed by atoms with Crippen LogP contribution in [0.25, 0.3) is 0 Å². The second-order valence-electron chi connectivity index (χ2n) is 3.88. The summed E-state index contributed by atoms with van der Waals surface area (Å²) in [6.45, 7) is 6.23. The standard InChI is InChI=1S/C11H17N5O/c1-3-5-16-6-4-13-10(16)7-12-8-11-14-9(2)15-17-11/h4,6,12H,3,5,7-8H2,1-2H3. The highest BCUT2D eigenvalue weighted by atomic mass is 16.5. The molecular formula is C11H17N5O. The Morgan fingerprint density at radius 3 is 3.00 bits per heavy atom. The first kappa shape index (κ1) is 11.8. The van der Waals surface area contributed by atoms with Crippen LogP contribution in [0.5, 0.6) is 0 Å². The van der Waals surface area contributed by atoms with Crippen LogP contribution in [0.3, 0.4) is 0 Å². The maximum absolute atomic E-state index is 5.01. The van der Waals surface area contributed by atoms with Crippen molar-refractivity contribution in [3.63, 3.8) is 0 Å². The van der Waals surface area contributed by atoms with Crippen LogP contribution < -0.4 is 5.32 Å². The van der Waals surface area contributed by atoms with Crippen LogP contribution in [0.4, 0.5) is 0 Å². The second-order valence-corrected chi connectivity index (χ2v) is 3.88. The molecule has 0 spiro atoms. The minimum atomic E-state index is 0.569. The lowest BCUT2D eigenvalue weighted by atomic mass is 10.4. The Morgan fingerprint density at radius 2 is 2.29 bits per heavy atom. The van der Waals surface area contributed by atoms with Gasteiger partial charge in [0.2, 0.25) is 5.89 Å². The summed E-state index contributed by atoms with van der Waals surface area (Å²) in [5, 5.41) is 6.97. The summed E-state index contributed by atoms with van der Waals surface area (Å²) < 4.78 is 7.16. The largest absolute Gasteiger partial charge is 0.338 e. The number of rotatable bonds is 6. The fourth-order valence-electron chi connectivity index (χ4n) is 1.64. The summed E-state index contributed by atoms with van der Waals surface area (Å²) >= 11 is 0. The van der Waals surface area contributed by atoms with Crippen LogP contribution in [0.1, 0.15) is 30.9 Å². The summed E-state index contributed by atoms with van der Waals surface area (Å²) in [7, 11) is 0. The van der Waals surface area contributed by atoms with Gasteiger partial charge < -0.3 is 14.4 Å². The summed E-state index contributed by atoms with van der Waals surface area (Å²) in [5.74, 6) is 2.30. The highest BCUT2D eigenvalue weighted by Crippen LogP contribution is 2.00. The van der Waals surface area contributed by atoms with Gasteiger partial charge in [-0.25, -0.2) is 4.98 Å². The molecule has 2 aromatic rings. The molecule has 2 heterocycles. The predicted octanol–water partition coefficient (Wildman–Crippen LogP) is 1.27. The summed E-state index contributed by atoms with van der Waals surface area (Å²) in [6, 6.07) is 0. The van der Waals surface area contributed by atoms with Crippen molar-refractivity contribution in [2.45, 2.75) is 39.9 Å². The maximum Gasteiger partial charge on any atom is 0.240 e. The third-order valence-corrected chi connectivity index (χ3v) is 2.40. The predicted molar refractivity (Wildman–Crippen MR) is 62.1 cm³/mol. The van der Waals surface area contributed by atoms with E-state index in [9.17, 15) is 0 Å². The smallest absolute Gasteiger partial charge is 0.240 e. The van der Waals surface area contributed by atoms with Gasteiger partial charge in [0.25, 0.3) is 0 Å². The monoisotopic (exact) mass is 235 g/mol. The first-order valence-electron chi connectivity index (χ1n) is 5.79. The van der Waals surface area contributed by atoms with Crippen LogP contribution in [0.15, 0.2) is 16.9 Å². The molecule has 0 aliphatic rings. The van der Waals surface area contributed by atoms with Gasteiger partial charge in [-0.2, -0.15) is 4.98 Å². The molecular weight excluding hydrogens is 218 g/mol. The Kier molecular flexibility index (Phi) is 3.87. The van der Waals surface area contributed by atoms with E-state index in [1.165, 1.54) is 0 Å². The van der Waals surface area contributed by atoms with E-state index in [-0.39, 0.29) is 0 Å². The van der Waals surface area contributed by atoms with Gasteiger partial charge in [-0.15, -0.1) is 0 Å². The third kappa shape index (κ3) is 3.13. The quantitative estimate of drug-likeness (QED) is 0.816. The van der Waals surface area contributed by atoms with Crippen molar-refractivity contribution in [1.82, 2.24) is 25.0 Å². The van der Waals surface area contributed by atoms with Crippen LogP contribution in [0, 0.1) is 6.92 Å². The molecule has 0 aliphatic carbocycles. The highest BCUT2D eigenvalue weighted by molar-refractivity contribution is 4.92. The maximum atomic E-state index is 5.01. The molecule has 6 nitrogen and oxygen atoms in total. The highest BCUT2D eigenvalue weighted by Gasteiger charge is 2.04. The van der Waals surface area contributed by atoms with Crippen molar-refractivity contribution in [3.8, 4) is 0 Å². The topological polar surface area (TPSA) is 68.8 Å². The normalized spacial score (nSPS) is 10.9. The lowest BCUT2D eigenvalue weighted by molar-refractivity contribution is 0.363. The molecule has 0 amide bonds. The number of aromatic nitrogens is 4. The number of aryl methyl sites for hydroxylation is 2. The molecule has 0 aromatic carbocycles. The SMILES string of the molecule is CCCn1ccnc1CNCc1nc(C)no1. The van der Waals surface area contributed by atoms with Crippen molar-refractivity contribution in [1.29, 1.82) is 0 Å². The molecule has 0 fully saturated rings. The van der Waals surface area contributed by atoms with Crippen molar-refractivity contribution >= 4 is 0 Å². The van der Waals surface area contributed by atoms with E-state index in [0.29, 0.717) is 24.8 Å². The number of imidazole rings is 1. The van der Waals surface area contributed by atoms with E-state index < -0.39 is 0 Å². The molecule has 0 radical (unpaired) electrons. The van der Waals surface area contributed by atoms with Crippen LogP contribution in [-0.2, 0) is 19.6 Å². The third-order valence-electron chi connectivity index (χ3n) is 2.40. The molecule has 92 valence electrons. The molecule has 0 saturated carbocycles. The molecule has 6 heteroatoms. The Bertz CT molecular complexity index is 462. The second kappa shape index (κ2) is 5.58. The summed E-state index contributed by atoms with van der Waals surface area (Å²) in [5.41, 5.74) is 0. The van der Waals surface area contributed by atoms with E-state index >= 15 is 0 Å². The summed E-state index contributed by atoms with van der Waals surface area (Å²) in [6.07, 6.45) is 4.92. The van der Waals surface area contributed by atoms with Crippen molar-refractivity contribution in [2.24, 2.45) is 0 Å². The van der Waals surface area contributed by atoms with Crippen LogP contribution in [0.2, 0.25) is 0 Å². The summed E-state index contributed by atoms with van der Waals surface area (Å²) in [4.78, 5) is 8.43. The fraction of sp³-hybridized carbons (Fsp3) is 0.545. The average molecular weight is 235 g/mol. The molecule has 0 saturated heterocycles. The Morgan fingerprint density at radius 1 is 1.41 bits per heavy atom. The molecule has 2 rings (SSSR count). The lowest BCUT2D eigenvalue weighted by Crippen LogP contribution is -2.16. The van der Waals surface area contributed by atoms with Gasteiger partial charge in [-0.3, -0.25) is 0 Å². The molecule has 0 aliphatic heterocycles. The first-order chi connectivity index (χ1) is 8.29. The van der Waals surface area contributed by atoms with Gasteiger partial charge in [-0.1, -0.05) is 12.1 Å². The average Bonchev–Trinajstić information content (AvgIpc) is 2.90. The number of hydrogen-bond donors (Lipinski definition) is 1.